The van der Waals surface area contributed by atoms with E-state index in [-0.39, 0.29) is 12.5 Å². The minimum Gasteiger partial charge on any atom is -0.497 e. The molecule has 7 heteroatoms. The first kappa shape index (κ1) is 14.1. The minimum absolute atomic E-state index is 0.186. The molecule has 18 heavy (non-hydrogen) atoms. The van der Waals surface area contributed by atoms with Gasteiger partial charge in [0.1, 0.15) is 18.5 Å². The Morgan fingerprint density at radius 3 is 2.94 bits per heavy atom. The summed E-state index contributed by atoms with van der Waals surface area (Å²) in [7, 11) is 1.60. The number of nitrogens with one attached hydrogen (secondary N) is 1. The molecule has 0 radical (unpaired) electrons. The van der Waals surface area contributed by atoms with E-state index < -0.39 is 0 Å². The van der Waals surface area contributed by atoms with E-state index in [1.54, 1.807) is 19.2 Å². The highest BCUT2D eigenvalue weighted by Crippen LogP contribution is 2.34. The first-order valence-corrected chi connectivity index (χ1v) is 5.25. The standard InChI is InChI=1S/C10H13NO4.CH3NO/c1-13-7-2-3-9-10(4-7)15-8(5-11-12)6-14-9;2-1-3/h2-4,8,11-12H,5-6H2,1H3;1H,(H2,2,3). The number of ether oxygens (including phenoxy) is 3. The third-order valence-corrected chi connectivity index (χ3v) is 2.19. The highest BCUT2D eigenvalue weighted by atomic mass is 16.6. The van der Waals surface area contributed by atoms with Crippen molar-refractivity contribution in [3.05, 3.63) is 18.2 Å². The summed E-state index contributed by atoms with van der Waals surface area (Å²) in [6, 6.07) is 5.38. The molecule has 0 aliphatic carbocycles. The number of hydroxylamine groups is 1. The van der Waals surface area contributed by atoms with E-state index in [0.29, 0.717) is 24.7 Å². The lowest BCUT2D eigenvalue weighted by atomic mass is 10.2. The molecule has 0 spiro atoms. The molecule has 0 aromatic heterocycles. The van der Waals surface area contributed by atoms with Gasteiger partial charge in [0.2, 0.25) is 6.41 Å². The number of rotatable bonds is 3. The Hall–Kier alpha value is -1.99. The van der Waals surface area contributed by atoms with Crippen LogP contribution in [0.5, 0.6) is 17.2 Å². The topological polar surface area (TPSA) is 103 Å². The van der Waals surface area contributed by atoms with Gasteiger partial charge in [-0.25, -0.2) is 5.48 Å². The van der Waals surface area contributed by atoms with Gasteiger partial charge in [-0.3, -0.25) is 4.79 Å². The van der Waals surface area contributed by atoms with Gasteiger partial charge in [0, 0.05) is 6.07 Å². The molecule has 0 fully saturated rings. The number of nitrogens with two attached hydrogens (primary N) is 1. The van der Waals surface area contributed by atoms with Crippen molar-refractivity contribution in [2.24, 2.45) is 5.73 Å². The minimum atomic E-state index is -0.186. The summed E-state index contributed by atoms with van der Waals surface area (Å²) in [6.07, 6.45) is 0.0645. The normalized spacial score (nSPS) is 16.2. The summed E-state index contributed by atoms with van der Waals surface area (Å²) >= 11 is 0. The Morgan fingerprint density at radius 1 is 1.61 bits per heavy atom. The van der Waals surface area contributed by atoms with Crippen molar-refractivity contribution in [1.29, 1.82) is 0 Å². The summed E-state index contributed by atoms with van der Waals surface area (Å²) in [5.41, 5.74) is 6.23. The molecule has 1 amide bonds. The molecule has 100 valence electrons. The van der Waals surface area contributed by atoms with Crippen molar-refractivity contribution in [1.82, 2.24) is 5.48 Å². The average molecular weight is 256 g/mol. The number of hydrogen-bond acceptors (Lipinski definition) is 6. The number of carbonyl (C=O) groups is 1. The molecule has 4 N–H and O–H groups in total. The summed E-state index contributed by atoms with van der Waals surface area (Å²) in [5.74, 6) is 2.06. The van der Waals surface area contributed by atoms with E-state index in [9.17, 15) is 0 Å². The fourth-order valence-corrected chi connectivity index (χ4v) is 1.43. The van der Waals surface area contributed by atoms with E-state index in [1.165, 1.54) is 0 Å². The molecule has 0 bridgehead atoms. The van der Waals surface area contributed by atoms with Crippen LogP contribution in [-0.4, -0.2) is 38.0 Å². The maximum Gasteiger partial charge on any atom is 0.204 e. The van der Waals surface area contributed by atoms with Gasteiger partial charge in [0.15, 0.2) is 11.5 Å². The van der Waals surface area contributed by atoms with Crippen LogP contribution in [0.4, 0.5) is 0 Å². The van der Waals surface area contributed by atoms with E-state index in [1.807, 2.05) is 6.07 Å². The Morgan fingerprint density at radius 2 is 2.33 bits per heavy atom. The van der Waals surface area contributed by atoms with Crippen molar-refractivity contribution >= 4 is 6.41 Å². The molecule has 1 unspecified atom stereocenters. The maximum absolute atomic E-state index is 8.58. The van der Waals surface area contributed by atoms with Crippen LogP contribution in [-0.2, 0) is 4.79 Å². The zero-order valence-corrected chi connectivity index (χ0v) is 9.96. The SMILES string of the molecule is COc1ccc2c(c1)OC(CNO)CO2.NC=O. The molecular weight excluding hydrogens is 240 g/mol. The van der Waals surface area contributed by atoms with Crippen LogP contribution in [0.25, 0.3) is 0 Å². The number of methoxy groups -OCH3 is 1. The fraction of sp³-hybridized carbons (Fsp3) is 0.364. The predicted octanol–water partition coefficient (Wildman–Crippen LogP) is -0.0847. The maximum atomic E-state index is 8.58. The molecule has 7 nitrogen and oxygen atoms in total. The molecule has 1 aliphatic heterocycles. The summed E-state index contributed by atoms with van der Waals surface area (Å²) < 4.78 is 16.1. The van der Waals surface area contributed by atoms with Crippen LogP contribution >= 0.6 is 0 Å². The molecule has 1 aliphatic rings. The van der Waals surface area contributed by atoms with Crippen molar-refractivity contribution in [3.8, 4) is 17.2 Å². The molecule has 0 saturated carbocycles. The van der Waals surface area contributed by atoms with Crippen molar-refractivity contribution < 1.29 is 24.2 Å². The van der Waals surface area contributed by atoms with E-state index in [4.69, 9.17) is 24.2 Å². The van der Waals surface area contributed by atoms with Crippen LogP contribution in [0.3, 0.4) is 0 Å². The van der Waals surface area contributed by atoms with Crippen LogP contribution in [0.15, 0.2) is 18.2 Å². The van der Waals surface area contributed by atoms with Crippen molar-refractivity contribution in [2.45, 2.75) is 6.10 Å². The second kappa shape index (κ2) is 7.36. The molecule has 0 saturated heterocycles. The lowest BCUT2D eigenvalue weighted by molar-refractivity contribution is -0.106. The quantitative estimate of drug-likeness (QED) is 0.516. The summed E-state index contributed by atoms with van der Waals surface area (Å²) in [5, 5.41) is 8.56. The predicted molar refractivity (Wildman–Crippen MR) is 62.9 cm³/mol. The van der Waals surface area contributed by atoms with Crippen LogP contribution in [0.1, 0.15) is 0 Å². The number of fused-ring (bicyclic) bond motifs is 1. The molecule has 1 aromatic rings. The average Bonchev–Trinajstić information content (AvgIpc) is 2.39. The molecule has 1 heterocycles. The van der Waals surface area contributed by atoms with Gasteiger partial charge in [-0.15, -0.1) is 0 Å². The molecule has 1 aromatic carbocycles. The van der Waals surface area contributed by atoms with E-state index in [0.717, 1.165) is 5.75 Å². The van der Waals surface area contributed by atoms with Crippen LogP contribution < -0.4 is 25.4 Å². The second-order valence-corrected chi connectivity index (χ2v) is 3.36. The largest absolute Gasteiger partial charge is 0.497 e. The summed E-state index contributed by atoms with van der Waals surface area (Å²) in [4.78, 5) is 8.58. The van der Waals surface area contributed by atoms with Crippen LogP contribution in [0.2, 0.25) is 0 Å². The number of hydrogen-bond donors (Lipinski definition) is 3. The monoisotopic (exact) mass is 256 g/mol. The first-order chi connectivity index (χ1) is 8.74. The smallest absolute Gasteiger partial charge is 0.204 e. The summed E-state index contributed by atoms with van der Waals surface area (Å²) in [6.45, 7) is 0.754. The molecular formula is C11H16N2O5. The highest BCUT2D eigenvalue weighted by Gasteiger charge is 2.20. The Labute approximate surface area is 104 Å². The van der Waals surface area contributed by atoms with Gasteiger partial charge in [-0.05, 0) is 12.1 Å². The second-order valence-electron chi connectivity index (χ2n) is 3.36. The third-order valence-electron chi connectivity index (χ3n) is 2.19. The van der Waals surface area contributed by atoms with E-state index in [2.05, 4.69) is 11.2 Å². The molecule has 1 atom stereocenters. The lowest BCUT2D eigenvalue weighted by Gasteiger charge is -2.26. The molecule has 2 rings (SSSR count). The Bertz CT molecular complexity index is 386. The third kappa shape index (κ3) is 3.79. The number of amides is 1. The van der Waals surface area contributed by atoms with Gasteiger partial charge < -0.3 is 25.2 Å². The number of primary amides is 1. The number of benzene rings is 1. The van der Waals surface area contributed by atoms with Crippen molar-refractivity contribution in [2.75, 3.05) is 20.3 Å². The van der Waals surface area contributed by atoms with E-state index >= 15 is 0 Å². The van der Waals surface area contributed by atoms with Gasteiger partial charge >= 0.3 is 0 Å². The van der Waals surface area contributed by atoms with Crippen molar-refractivity contribution in [3.63, 3.8) is 0 Å². The van der Waals surface area contributed by atoms with Gasteiger partial charge in [0.05, 0.1) is 13.7 Å². The lowest BCUT2D eigenvalue weighted by Crippen LogP contribution is -2.37. The fourth-order valence-electron chi connectivity index (χ4n) is 1.43. The van der Waals surface area contributed by atoms with Gasteiger partial charge in [-0.1, -0.05) is 0 Å². The Kier molecular flexibility index (Phi) is 5.75. The van der Waals surface area contributed by atoms with Gasteiger partial charge in [0.25, 0.3) is 0 Å². The Balaban J connectivity index is 0.000000492. The number of carbonyl (C=O) groups excluding carboxylic acids is 1. The zero-order chi connectivity index (χ0) is 13.4. The highest BCUT2D eigenvalue weighted by molar-refractivity contribution is 5.46. The first-order valence-electron chi connectivity index (χ1n) is 5.25. The zero-order valence-electron chi connectivity index (χ0n) is 9.96. The van der Waals surface area contributed by atoms with Crippen LogP contribution in [0, 0.1) is 0 Å². The van der Waals surface area contributed by atoms with Gasteiger partial charge in [-0.2, -0.15) is 0 Å².